The number of nitrogens with one attached hydrogen (secondary N) is 1. The molecule has 5 nitrogen and oxygen atoms in total. The van der Waals surface area contributed by atoms with E-state index in [1.165, 1.54) is 0 Å². The van der Waals surface area contributed by atoms with E-state index in [0.717, 1.165) is 24.8 Å². The number of benzene rings is 1. The molecule has 2 N–H and O–H groups in total. The van der Waals surface area contributed by atoms with Crippen LogP contribution >= 0.6 is 0 Å². The van der Waals surface area contributed by atoms with Crippen molar-refractivity contribution in [3.63, 3.8) is 0 Å². The summed E-state index contributed by atoms with van der Waals surface area (Å²) in [5.41, 5.74) is 0.456. The molecule has 20 heavy (non-hydrogen) atoms. The van der Waals surface area contributed by atoms with Gasteiger partial charge in [0.25, 0.3) is 0 Å². The Morgan fingerprint density at radius 2 is 1.80 bits per heavy atom. The van der Waals surface area contributed by atoms with Gasteiger partial charge in [-0.15, -0.1) is 0 Å². The Morgan fingerprint density at radius 3 is 2.30 bits per heavy atom. The Bertz CT molecular complexity index is 457. The summed E-state index contributed by atoms with van der Waals surface area (Å²) in [6, 6.07) is 3.80. The van der Waals surface area contributed by atoms with Gasteiger partial charge in [0.15, 0.2) is 11.5 Å². The number of hydrogen-bond donors (Lipinski definition) is 2. The molecule has 0 bridgehead atoms. The van der Waals surface area contributed by atoms with Crippen molar-refractivity contribution in [2.24, 2.45) is 0 Å². The molecule has 5 heteroatoms. The van der Waals surface area contributed by atoms with Crippen LogP contribution in [0.1, 0.15) is 24.8 Å². The van der Waals surface area contributed by atoms with Gasteiger partial charge in [-0.3, -0.25) is 0 Å². The van der Waals surface area contributed by atoms with E-state index < -0.39 is 5.60 Å². The fraction of sp³-hybridized carbons (Fsp3) is 0.600. The highest BCUT2D eigenvalue weighted by molar-refractivity contribution is 5.55. The highest BCUT2D eigenvalue weighted by Crippen LogP contribution is 2.39. The van der Waals surface area contributed by atoms with Crippen LogP contribution in [0.25, 0.3) is 0 Å². The standard InChI is InChI=1S/C15H23NO4/c1-18-12-6-5-11(13(19-2)14(12)20-3)9-16-10-15(17)7-4-8-15/h5-6,16-17H,4,7-10H2,1-3H3. The van der Waals surface area contributed by atoms with E-state index in [2.05, 4.69) is 5.32 Å². The second-order valence-electron chi connectivity index (χ2n) is 5.17. The molecular formula is C15H23NO4. The predicted molar refractivity (Wildman–Crippen MR) is 76.6 cm³/mol. The molecule has 0 aromatic heterocycles. The largest absolute Gasteiger partial charge is 0.493 e. The summed E-state index contributed by atoms with van der Waals surface area (Å²) in [7, 11) is 4.80. The summed E-state index contributed by atoms with van der Waals surface area (Å²) in [4.78, 5) is 0. The van der Waals surface area contributed by atoms with Gasteiger partial charge in [-0.05, 0) is 25.3 Å². The van der Waals surface area contributed by atoms with Gasteiger partial charge in [0.05, 0.1) is 26.9 Å². The van der Waals surface area contributed by atoms with Crippen LogP contribution in [-0.4, -0.2) is 38.6 Å². The van der Waals surface area contributed by atoms with Crippen LogP contribution in [0.15, 0.2) is 12.1 Å². The Hall–Kier alpha value is -1.46. The molecule has 0 aliphatic heterocycles. The van der Waals surface area contributed by atoms with Crippen LogP contribution in [0, 0.1) is 0 Å². The average molecular weight is 281 g/mol. The van der Waals surface area contributed by atoms with Gasteiger partial charge in [-0.25, -0.2) is 0 Å². The summed E-state index contributed by atoms with van der Waals surface area (Å²) in [6.45, 7) is 1.22. The molecule has 0 amide bonds. The Morgan fingerprint density at radius 1 is 1.10 bits per heavy atom. The number of rotatable bonds is 7. The molecule has 0 spiro atoms. The predicted octanol–water partition coefficient (Wildman–Crippen LogP) is 1.72. The van der Waals surface area contributed by atoms with E-state index in [4.69, 9.17) is 14.2 Å². The van der Waals surface area contributed by atoms with Crippen LogP contribution in [0.4, 0.5) is 0 Å². The van der Waals surface area contributed by atoms with Gasteiger partial charge < -0.3 is 24.6 Å². The van der Waals surface area contributed by atoms with E-state index in [1.807, 2.05) is 12.1 Å². The zero-order chi connectivity index (χ0) is 14.6. The summed E-state index contributed by atoms with van der Waals surface area (Å²) >= 11 is 0. The van der Waals surface area contributed by atoms with Crippen molar-refractivity contribution in [3.05, 3.63) is 17.7 Å². The lowest BCUT2D eigenvalue weighted by atomic mass is 9.80. The lowest BCUT2D eigenvalue weighted by molar-refractivity contribution is -0.0315. The van der Waals surface area contributed by atoms with Gasteiger partial charge in [-0.1, -0.05) is 6.07 Å². The van der Waals surface area contributed by atoms with Gasteiger partial charge in [0.2, 0.25) is 5.75 Å². The van der Waals surface area contributed by atoms with E-state index in [0.29, 0.717) is 30.3 Å². The number of aliphatic hydroxyl groups is 1. The van der Waals surface area contributed by atoms with E-state index in [-0.39, 0.29) is 0 Å². The zero-order valence-electron chi connectivity index (χ0n) is 12.4. The van der Waals surface area contributed by atoms with Gasteiger partial charge in [-0.2, -0.15) is 0 Å². The topological polar surface area (TPSA) is 60.0 Å². The molecule has 112 valence electrons. The number of ether oxygens (including phenoxy) is 3. The highest BCUT2D eigenvalue weighted by atomic mass is 16.5. The lowest BCUT2D eigenvalue weighted by Crippen LogP contribution is -2.46. The minimum absolute atomic E-state index is 0.524. The Labute approximate surface area is 119 Å². The summed E-state index contributed by atoms with van der Waals surface area (Å²) in [5.74, 6) is 1.90. The van der Waals surface area contributed by atoms with Crippen molar-refractivity contribution in [1.29, 1.82) is 0 Å². The number of methoxy groups -OCH3 is 3. The van der Waals surface area contributed by atoms with Gasteiger partial charge in [0.1, 0.15) is 0 Å². The molecule has 1 aliphatic rings. The van der Waals surface area contributed by atoms with E-state index >= 15 is 0 Å². The lowest BCUT2D eigenvalue weighted by Gasteiger charge is -2.36. The van der Waals surface area contributed by atoms with Crippen molar-refractivity contribution < 1.29 is 19.3 Å². The Balaban J connectivity index is 2.06. The second-order valence-corrected chi connectivity index (χ2v) is 5.17. The molecule has 0 saturated heterocycles. The molecule has 0 heterocycles. The SMILES string of the molecule is COc1ccc(CNCC2(O)CCC2)c(OC)c1OC. The first kappa shape index (κ1) is 14.9. The van der Waals surface area contributed by atoms with Crippen molar-refractivity contribution in [2.75, 3.05) is 27.9 Å². The van der Waals surface area contributed by atoms with Crippen LogP contribution in [-0.2, 0) is 6.54 Å². The van der Waals surface area contributed by atoms with Crippen molar-refractivity contribution in [1.82, 2.24) is 5.32 Å². The second kappa shape index (κ2) is 6.33. The summed E-state index contributed by atoms with van der Waals surface area (Å²) in [5, 5.41) is 13.3. The van der Waals surface area contributed by atoms with Crippen molar-refractivity contribution in [2.45, 2.75) is 31.4 Å². The Kier molecular flexibility index (Phi) is 4.73. The zero-order valence-corrected chi connectivity index (χ0v) is 12.4. The molecule has 1 aromatic rings. The van der Waals surface area contributed by atoms with Crippen LogP contribution in [0.2, 0.25) is 0 Å². The monoisotopic (exact) mass is 281 g/mol. The maximum absolute atomic E-state index is 10.1. The molecule has 0 unspecified atom stereocenters. The highest BCUT2D eigenvalue weighted by Gasteiger charge is 2.33. The minimum atomic E-state index is -0.524. The minimum Gasteiger partial charge on any atom is -0.493 e. The van der Waals surface area contributed by atoms with Crippen LogP contribution in [0.3, 0.4) is 0 Å². The normalized spacial score (nSPS) is 16.4. The first-order valence-corrected chi connectivity index (χ1v) is 6.84. The smallest absolute Gasteiger partial charge is 0.203 e. The fourth-order valence-corrected chi connectivity index (χ4v) is 2.49. The first-order chi connectivity index (χ1) is 9.63. The molecule has 0 atom stereocenters. The number of hydrogen-bond acceptors (Lipinski definition) is 5. The van der Waals surface area contributed by atoms with E-state index in [9.17, 15) is 5.11 Å². The maximum Gasteiger partial charge on any atom is 0.203 e. The molecule has 1 saturated carbocycles. The van der Waals surface area contributed by atoms with Crippen LogP contribution in [0.5, 0.6) is 17.2 Å². The molecule has 1 aliphatic carbocycles. The van der Waals surface area contributed by atoms with E-state index in [1.54, 1.807) is 21.3 Å². The van der Waals surface area contributed by atoms with Gasteiger partial charge >= 0.3 is 0 Å². The van der Waals surface area contributed by atoms with Crippen molar-refractivity contribution in [3.8, 4) is 17.2 Å². The third kappa shape index (κ3) is 2.99. The van der Waals surface area contributed by atoms with Gasteiger partial charge in [0, 0.05) is 18.7 Å². The quantitative estimate of drug-likeness (QED) is 0.797. The average Bonchev–Trinajstić information content (AvgIpc) is 2.44. The molecule has 2 rings (SSSR count). The van der Waals surface area contributed by atoms with Crippen molar-refractivity contribution >= 4 is 0 Å². The third-order valence-corrected chi connectivity index (χ3v) is 3.84. The molecular weight excluding hydrogens is 258 g/mol. The fourth-order valence-electron chi connectivity index (χ4n) is 2.49. The molecule has 1 fully saturated rings. The summed E-state index contributed by atoms with van der Waals surface area (Å²) in [6.07, 6.45) is 2.87. The third-order valence-electron chi connectivity index (χ3n) is 3.84. The molecule has 1 aromatic carbocycles. The van der Waals surface area contributed by atoms with Crippen LogP contribution < -0.4 is 19.5 Å². The summed E-state index contributed by atoms with van der Waals surface area (Å²) < 4.78 is 16.0. The molecule has 0 radical (unpaired) electrons. The first-order valence-electron chi connectivity index (χ1n) is 6.84. The maximum atomic E-state index is 10.1.